The number of benzene rings is 1. The minimum atomic E-state index is -0.836. The van der Waals surface area contributed by atoms with Gasteiger partial charge >= 0.3 is 12.1 Å². The average molecular weight is 773 g/mol. The minimum absolute atomic E-state index is 0.0592. The van der Waals surface area contributed by atoms with Crippen LogP contribution in [0.5, 0.6) is 5.75 Å². The summed E-state index contributed by atoms with van der Waals surface area (Å²) in [5, 5.41) is 10.2. The first-order valence-electron chi connectivity index (χ1n) is 18.6. The van der Waals surface area contributed by atoms with Crippen LogP contribution in [-0.4, -0.2) is 90.8 Å². The molecule has 3 atom stereocenters. The lowest BCUT2D eigenvalue weighted by Crippen LogP contribution is -2.44. The lowest BCUT2D eigenvalue weighted by Gasteiger charge is -2.23. The van der Waals surface area contributed by atoms with Crippen molar-refractivity contribution < 1.29 is 52.6 Å². The van der Waals surface area contributed by atoms with Gasteiger partial charge in [0.25, 0.3) is 0 Å². The van der Waals surface area contributed by atoms with E-state index < -0.39 is 30.0 Å². The summed E-state index contributed by atoms with van der Waals surface area (Å²) in [5.41, 5.74) is 5.85. The van der Waals surface area contributed by atoms with Gasteiger partial charge in [-0.05, 0) is 43.7 Å². The number of ether oxygens (including phenoxy) is 2. The molecule has 6 N–H and O–H groups in total. The summed E-state index contributed by atoms with van der Waals surface area (Å²) in [6.07, 6.45) is 2.07. The van der Waals surface area contributed by atoms with E-state index in [1.165, 1.54) is 20.0 Å². The van der Waals surface area contributed by atoms with Crippen LogP contribution in [0.3, 0.4) is 0 Å². The fourth-order valence-corrected chi connectivity index (χ4v) is 5.94. The number of likely N-dealkylation sites (tertiary alicyclic amines) is 1. The molecule has 1 aliphatic heterocycles. The molecule has 0 aromatic heterocycles. The van der Waals surface area contributed by atoms with Crippen LogP contribution in [0.1, 0.15) is 97.5 Å². The van der Waals surface area contributed by atoms with E-state index in [2.05, 4.69) is 21.3 Å². The van der Waals surface area contributed by atoms with Crippen LogP contribution in [0.2, 0.25) is 0 Å². The van der Waals surface area contributed by atoms with E-state index in [1.807, 2.05) is 0 Å². The maximum absolute atomic E-state index is 13.6. The predicted octanol–water partition coefficient (Wildman–Crippen LogP) is 2.92. The predicted molar refractivity (Wildman–Crippen MR) is 200 cm³/mol. The minimum Gasteiger partial charge on any atom is -0.485 e. The molecule has 17 nitrogen and oxygen atoms in total. The van der Waals surface area contributed by atoms with Crippen molar-refractivity contribution in [2.24, 2.45) is 23.5 Å². The number of primary amides is 1. The number of urea groups is 1. The van der Waals surface area contributed by atoms with Gasteiger partial charge in [0, 0.05) is 88.3 Å². The number of carbonyl (C=O) groups is 9. The molecular formula is C38H56N6O11. The molecule has 0 bridgehead atoms. The number of rotatable bonds is 25. The van der Waals surface area contributed by atoms with Crippen LogP contribution < -0.4 is 31.7 Å². The maximum Gasteiger partial charge on any atom is 0.407 e. The molecule has 1 heterocycles. The Balaban J connectivity index is 2.03. The molecule has 1 aromatic carbocycles. The smallest absolute Gasteiger partial charge is 0.407 e. The van der Waals surface area contributed by atoms with Crippen molar-refractivity contribution >= 4 is 58.8 Å². The summed E-state index contributed by atoms with van der Waals surface area (Å²) in [6, 6.07) is 3.07. The zero-order valence-electron chi connectivity index (χ0n) is 32.5. The molecule has 0 aliphatic carbocycles. The number of nitrogens with one attached hydrogen (secondary N) is 4. The summed E-state index contributed by atoms with van der Waals surface area (Å²) < 4.78 is 11.0. The van der Waals surface area contributed by atoms with Gasteiger partial charge in [-0.25, -0.2) is 9.59 Å². The van der Waals surface area contributed by atoms with Crippen molar-refractivity contribution in [3.63, 3.8) is 0 Å². The first-order valence-corrected chi connectivity index (χ1v) is 18.6. The van der Waals surface area contributed by atoms with Crippen LogP contribution in [0.15, 0.2) is 18.2 Å². The number of amides is 7. The Morgan fingerprint density at radius 3 is 2.25 bits per heavy atom. The monoisotopic (exact) mass is 772 g/mol. The molecule has 7 amide bonds. The highest BCUT2D eigenvalue weighted by molar-refractivity contribution is 6.03. The van der Waals surface area contributed by atoms with Gasteiger partial charge in [-0.2, -0.15) is 0 Å². The van der Waals surface area contributed by atoms with Gasteiger partial charge in [0.05, 0.1) is 6.04 Å². The number of carbonyl (C=O) groups excluding carboxylic acids is 9. The Morgan fingerprint density at radius 1 is 0.964 bits per heavy atom. The van der Waals surface area contributed by atoms with Crippen LogP contribution in [0.4, 0.5) is 15.3 Å². The highest BCUT2D eigenvalue weighted by Gasteiger charge is 2.35. The van der Waals surface area contributed by atoms with Crippen LogP contribution in [0.25, 0.3) is 0 Å². The largest absolute Gasteiger partial charge is 0.485 e. The molecule has 0 saturated carbocycles. The standard InChI is InChI=1S/C38H56N6O11/c1-23(2)34(42-25(4)45)31(48)19-26(10-9-16-41-37(39)52)35(50)43-28-14-13-27(21-55-38(53)40-5)32(20-28)54-22-30(47)12-8-6-7-11-29(46)15-17-44-33(49)18-24(3)36(44)51/h13-14,20,23-24,26,34H,6-12,15-19,21-22H2,1-5H3,(H,40,53)(H,42,45)(H,43,50)(H3,39,41,52)/t24?,26-,34+/m1/s1. The van der Waals surface area contributed by atoms with E-state index in [9.17, 15) is 43.2 Å². The van der Waals surface area contributed by atoms with E-state index in [1.54, 1.807) is 32.9 Å². The van der Waals surface area contributed by atoms with Crippen molar-refractivity contribution in [3.8, 4) is 5.75 Å². The molecule has 1 aromatic rings. The van der Waals surface area contributed by atoms with Gasteiger partial charge in [-0.3, -0.25) is 38.5 Å². The first kappa shape index (κ1) is 45.8. The SMILES string of the molecule is CNC(=O)OCc1ccc(NC(=O)[C@H](CCCNC(N)=O)CC(=O)[C@@H](NC(C)=O)C(C)C)cc1OCC(=O)CCCCCC(=O)CCN1C(=O)CC(C)C1=O. The Kier molecular flexibility index (Phi) is 19.5. The highest BCUT2D eigenvalue weighted by Crippen LogP contribution is 2.27. The van der Waals surface area contributed by atoms with E-state index in [4.69, 9.17) is 15.2 Å². The summed E-state index contributed by atoms with van der Waals surface area (Å²) in [7, 11) is 1.40. The second kappa shape index (κ2) is 23.4. The average Bonchev–Trinajstić information content (AvgIpc) is 3.37. The first-order chi connectivity index (χ1) is 26.0. The molecule has 1 fully saturated rings. The van der Waals surface area contributed by atoms with Crippen molar-refractivity contribution in [1.82, 2.24) is 20.9 Å². The van der Waals surface area contributed by atoms with Gasteiger partial charge in [0.15, 0.2) is 11.6 Å². The number of anilines is 1. The Labute approximate surface area is 321 Å². The molecule has 0 spiro atoms. The second-order valence-electron chi connectivity index (χ2n) is 14.0. The zero-order chi connectivity index (χ0) is 41.1. The van der Waals surface area contributed by atoms with E-state index in [0.29, 0.717) is 31.2 Å². The topological polar surface area (TPSA) is 249 Å². The summed E-state index contributed by atoms with van der Waals surface area (Å²) in [5.74, 6) is -3.23. The van der Waals surface area contributed by atoms with Gasteiger partial charge in [0.1, 0.15) is 24.7 Å². The van der Waals surface area contributed by atoms with Crippen LogP contribution in [-0.2, 0) is 44.9 Å². The molecule has 0 radical (unpaired) electrons. The lowest BCUT2D eigenvalue weighted by atomic mass is 9.89. The summed E-state index contributed by atoms with van der Waals surface area (Å²) in [4.78, 5) is 112. The number of unbranched alkanes of at least 4 members (excludes halogenated alkanes) is 2. The zero-order valence-corrected chi connectivity index (χ0v) is 32.5. The highest BCUT2D eigenvalue weighted by atomic mass is 16.5. The van der Waals surface area contributed by atoms with Crippen LogP contribution in [0, 0.1) is 17.8 Å². The molecule has 304 valence electrons. The third-order valence-electron chi connectivity index (χ3n) is 9.00. The van der Waals surface area contributed by atoms with Crippen LogP contribution >= 0.6 is 0 Å². The van der Waals surface area contributed by atoms with Gasteiger partial charge in [-0.15, -0.1) is 0 Å². The summed E-state index contributed by atoms with van der Waals surface area (Å²) in [6.45, 7) is 6.31. The fourth-order valence-electron chi connectivity index (χ4n) is 5.94. The van der Waals surface area contributed by atoms with Gasteiger partial charge in [-0.1, -0.05) is 27.2 Å². The third-order valence-corrected chi connectivity index (χ3v) is 9.00. The van der Waals surface area contributed by atoms with Gasteiger partial charge < -0.3 is 36.5 Å². The Hall–Kier alpha value is -5.35. The lowest BCUT2D eigenvalue weighted by molar-refractivity contribution is -0.139. The van der Waals surface area contributed by atoms with Crippen molar-refractivity contribution in [2.75, 3.05) is 32.1 Å². The van der Waals surface area contributed by atoms with Crippen molar-refractivity contribution in [3.05, 3.63) is 23.8 Å². The van der Waals surface area contributed by atoms with E-state index in [-0.39, 0.29) is 123 Å². The third kappa shape index (κ3) is 16.7. The molecule has 17 heteroatoms. The number of nitrogens with two attached hydrogens (primary N) is 1. The molecule has 1 unspecified atom stereocenters. The Bertz CT molecular complexity index is 1560. The van der Waals surface area contributed by atoms with Gasteiger partial charge in [0.2, 0.25) is 23.6 Å². The Morgan fingerprint density at radius 2 is 1.65 bits per heavy atom. The quantitative estimate of drug-likeness (QED) is 0.0714. The molecule has 1 aliphatic rings. The molecule has 2 rings (SSSR count). The van der Waals surface area contributed by atoms with Crippen molar-refractivity contribution in [1.29, 1.82) is 0 Å². The number of Topliss-reactive ketones (excluding diaryl/α,β-unsaturated/α-hetero) is 3. The van der Waals surface area contributed by atoms with Crippen molar-refractivity contribution in [2.45, 2.75) is 105 Å². The number of hydrogen-bond acceptors (Lipinski definition) is 11. The molecule has 1 saturated heterocycles. The number of alkyl carbamates (subject to hydrolysis) is 1. The van der Waals surface area contributed by atoms with E-state index in [0.717, 1.165) is 4.90 Å². The number of ketones is 3. The number of imide groups is 1. The molecular weight excluding hydrogens is 716 g/mol. The second-order valence-corrected chi connectivity index (χ2v) is 14.0. The summed E-state index contributed by atoms with van der Waals surface area (Å²) >= 11 is 0. The maximum atomic E-state index is 13.6. The van der Waals surface area contributed by atoms with E-state index >= 15 is 0 Å². The fraction of sp³-hybridized carbons (Fsp3) is 0.605. The number of hydrogen-bond donors (Lipinski definition) is 5. The molecule has 55 heavy (non-hydrogen) atoms. The number of nitrogens with zero attached hydrogens (tertiary/aromatic N) is 1. The normalized spacial score (nSPS) is 14.9.